The van der Waals surface area contributed by atoms with Gasteiger partial charge in [0.1, 0.15) is 6.33 Å². The zero-order chi connectivity index (χ0) is 20.1. The predicted molar refractivity (Wildman–Crippen MR) is 114 cm³/mol. The zero-order valence-electron chi connectivity index (χ0n) is 17.1. The highest BCUT2D eigenvalue weighted by molar-refractivity contribution is 5.57. The van der Waals surface area contributed by atoms with E-state index in [1.165, 1.54) is 12.0 Å². The monoisotopic (exact) mass is 392 g/mol. The van der Waals surface area contributed by atoms with Gasteiger partial charge in [-0.1, -0.05) is 18.2 Å². The van der Waals surface area contributed by atoms with E-state index in [1.54, 1.807) is 18.1 Å². The summed E-state index contributed by atoms with van der Waals surface area (Å²) in [6.07, 6.45) is 7.17. The molecule has 4 rings (SSSR count). The van der Waals surface area contributed by atoms with Crippen molar-refractivity contribution in [2.75, 3.05) is 32.1 Å². The number of anilines is 2. The molecule has 0 spiro atoms. The SMILES string of the molecule is COCCCN1CCCC1c1cnc(C)c(Nc2ncn(-c3ccccc3)n2)c1. The minimum absolute atomic E-state index is 0.412. The lowest BCUT2D eigenvalue weighted by atomic mass is 10.1. The number of hydrogen-bond donors (Lipinski definition) is 1. The van der Waals surface area contributed by atoms with Gasteiger partial charge in [-0.25, -0.2) is 4.68 Å². The Morgan fingerprint density at radius 1 is 1.21 bits per heavy atom. The highest BCUT2D eigenvalue weighted by atomic mass is 16.5. The Hall–Kier alpha value is -2.77. The van der Waals surface area contributed by atoms with E-state index in [0.717, 1.165) is 49.6 Å². The van der Waals surface area contributed by atoms with Crippen molar-refractivity contribution in [2.45, 2.75) is 32.2 Å². The molecule has 1 fully saturated rings. The quantitative estimate of drug-likeness (QED) is 0.587. The zero-order valence-corrected chi connectivity index (χ0v) is 17.1. The second-order valence-electron chi connectivity index (χ2n) is 7.42. The molecule has 3 aromatic rings. The van der Waals surface area contributed by atoms with E-state index in [4.69, 9.17) is 4.74 Å². The van der Waals surface area contributed by atoms with Crippen molar-refractivity contribution in [3.05, 3.63) is 60.2 Å². The van der Waals surface area contributed by atoms with Gasteiger partial charge in [-0.05, 0) is 56.5 Å². The molecule has 1 atom stereocenters. The van der Waals surface area contributed by atoms with Crippen molar-refractivity contribution in [3.8, 4) is 5.69 Å². The average Bonchev–Trinajstić information content (AvgIpc) is 3.40. The molecule has 0 radical (unpaired) electrons. The molecule has 1 aromatic carbocycles. The van der Waals surface area contributed by atoms with Crippen molar-refractivity contribution in [1.29, 1.82) is 0 Å². The number of pyridine rings is 1. The van der Waals surface area contributed by atoms with Crippen LogP contribution in [-0.2, 0) is 4.74 Å². The summed E-state index contributed by atoms with van der Waals surface area (Å²) in [6.45, 7) is 5.00. The number of rotatable bonds is 8. The van der Waals surface area contributed by atoms with E-state index in [1.807, 2.05) is 43.5 Å². The largest absolute Gasteiger partial charge is 0.385 e. The summed E-state index contributed by atoms with van der Waals surface area (Å²) >= 11 is 0. The molecule has 0 amide bonds. The van der Waals surface area contributed by atoms with Crippen LogP contribution in [0.5, 0.6) is 0 Å². The van der Waals surface area contributed by atoms with Crippen molar-refractivity contribution < 1.29 is 4.74 Å². The summed E-state index contributed by atoms with van der Waals surface area (Å²) < 4.78 is 6.98. The van der Waals surface area contributed by atoms with Crippen LogP contribution in [0.25, 0.3) is 5.69 Å². The van der Waals surface area contributed by atoms with Gasteiger partial charge in [0.2, 0.25) is 5.95 Å². The van der Waals surface area contributed by atoms with E-state index in [2.05, 4.69) is 31.3 Å². The average molecular weight is 393 g/mol. The molecule has 29 heavy (non-hydrogen) atoms. The minimum Gasteiger partial charge on any atom is -0.385 e. The van der Waals surface area contributed by atoms with Crippen LogP contribution in [0.3, 0.4) is 0 Å². The maximum Gasteiger partial charge on any atom is 0.247 e. The first kappa shape index (κ1) is 19.5. The molecular weight excluding hydrogens is 364 g/mol. The number of methoxy groups -OCH3 is 1. The lowest BCUT2D eigenvalue weighted by molar-refractivity contribution is 0.167. The van der Waals surface area contributed by atoms with Gasteiger partial charge < -0.3 is 10.1 Å². The molecule has 1 aliphatic rings. The van der Waals surface area contributed by atoms with Crippen LogP contribution in [0, 0.1) is 6.92 Å². The fraction of sp³-hybridized carbons (Fsp3) is 0.409. The van der Waals surface area contributed by atoms with Crippen molar-refractivity contribution >= 4 is 11.6 Å². The fourth-order valence-electron chi connectivity index (χ4n) is 3.89. The highest BCUT2D eigenvalue weighted by Crippen LogP contribution is 2.33. The molecule has 3 heterocycles. The molecule has 2 aromatic heterocycles. The number of ether oxygens (including phenoxy) is 1. The lowest BCUT2D eigenvalue weighted by Gasteiger charge is -2.25. The van der Waals surface area contributed by atoms with Gasteiger partial charge in [0.15, 0.2) is 0 Å². The molecular formula is C22H28N6O. The van der Waals surface area contributed by atoms with Crippen LogP contribution in [0.15, 0.2) is 48.9 Å². The predicted octanol–water partition coefficient (Wildman–Crippen LogP) is 3.89. The third kappa shape index (κ3) is 4.63. The minimum atomic E-state index is 0.412. The van der Waals surface area contributed by atoms with Crippen molar-refractivity contribution in [2.24, 2.45) is 0 Å². The topological polar surface area (TPSA) is 68.1 Å². The van der Waals surface area contributed by atoms with Gasteiger partial charge in [0, 0.05) is 32.5 Å². The molecule has 0 saturated carbocycles. The summed E-state index contributed by atoms with van der Waals surface area (Å²) in [5, 5.41) is 7.90. The van der Waals surface area contributed by atoms with Gasteiger partial charge in [-0.2, -0.15) is 4.98 Å². The van der Waals surface area contributed by atoms with Crippen LogP contribution in [0.2, 0.25) is 0 Å². The van der Waals surface area contributed by atoms with Crippen LogP contribution in [-0.4, -0.2) is 51.5 Å². The Labute approximate surface area is 171 Å². The number of hydrogen-bond acceptors (Lipinski definition) is 6. The Morgan fingerprint density at radius 2 is 2.07 bits per heavy atom. The third-order valence-corrected chi connectivity index (χ3v) is 5.41. The van der Waals surface area contributed by atoms with E-state index in [0.29, 0.717) is 12.0 Å². The summed E-state index contributed by atoms with van der Waals surface area (Å²) in [4.78, 5) is 11.6. The van der Waals surface area contributed by atoms with Gasteiger partial charge in [0.05, 0.1) is 17.1 Å². The van der Waals surface area contributed by atoms with E-state index < -0.39 is 0 Å². The van der Waals surface area contributed by atoms with Crippen LogP contribution < -0.4 is 5.32 Å². The maximum absolute atomic E-state index is 5.21. The number of nitrogens with zero attached hydrogens (tertiary/aromatic N) is 5. The first-order valence-corrected chi connectivity index (χ1v) is 10.2. The van der Waals surface area contributed by atoms with Crippen LogP contribution in [0.4, 0.5) is 11.6 Å². The summed E-state index contributed by atoms with van der Waals surface area (Å²) in [6, 6.07) is 12.6. The van der Waals surface area contributed by atoms with Crippen molar-refractivity contribution in [3.63, 3.8) is 0 Å². The Morgan fingerprint density at radius 3 is 2.90 bits per heavy atom. The first-order valence-electron chi connectivity index (χ1n) is 10.2. The molecule has 1 saturated heterocycles. The Bertz CT molecular complexity index is 926. The van der Waals surface area contributed by atoms with Gasteiger partial charge in [-0.15, -0.1) is 5.10 Å². The molecule has 7 nitrogen and oxygen atoms in total. The first-order chi connectivity index (χ1) is 14.2. The van der Waals surface area contributed by atoms with Crippen molar-refractivity contribution in [1.82, 2.24) is 24.6 Å². The molecule has 1 aliphatic heterocycles. The second-order valence-corrected chi connectivity index (χ2v) is 7.42. The van der Waals surface area contributed by atoms with Gasteiger partial charge >= 0.3 is 0 Å². The van der Waals surface area contributed by atoms with Gasteiger partial charge in [-0.3, -0.25) is 9.88 Å². The third-order valence-electron chi connectivity index (χ3n) is 5.41. The number of para-hydroxylation sites is 1. The molecule has 0 bridgehead atoms. The Balaban J connectivity index is 1.50. The normalized spacial score (nSPS) is 17.0. The summed E-state index contributed by atoms with van der Waals surface area (Å²) in [5.41, 5.74) is 4.12. The number of nitrogens with one attached hydrogen (secondary N) is 1. The molecule has 1 unspecified atom stereocenters. The second kappa shape index (κ2) is 9.15. The highest BCUT2D eigenvalue weighted by Gasteiger charge is 2.26. The lowest BCUT2D eigenvalue weighted by Crippen LogP contribution is -2.25. The molecule has 152 valence electrons. The number of benzene rings is 1. The number of aromatic nitrogens is 4. The number of aryl methyl sites for hydroxylation is 1. The molecule has 7 heteroatoms. The van der Waals surface area contributed by atoms with Gasteiger partial charge in [0.25, 0.3) is 0 Å². The number of likely N-dealkylation sites (tertiary alicyclic amines) is 1. The van der Waals surface area contributed by atoms with E-state index >= 15 is 0 Å². The fourth-order valence-corrected chi connectivity index (χ4v) is 3.89. The standard InChI is InChI=1S/C22H28N6O/c1-17-20(25-22-24-16-28(26-22)19-8-4-3-5-9-19)14-18(15-23-17)21-10-6-11-27(21)12-7-13-29-2/h3-5,8-9,14-16,21H,6-7,10-13H2,1-2H3,(H,25,26). The summed E-state index contributed by atoms with van der Waals surface area (Å²) in [5.74, 6) is 0.569. The maximum atomic E-state index is 5.21. The van der Waals surface area contributed by atoms with E-state index in [-0.39, 0.29) is 0 Å². The van der Waals surface area contributed by atoms with Crippen LogP contribution in [0.1, 0.15) is 36.6 Å². The Kier molecular flexibility index (Phi) is 6.17. The molecule has 0 aliphatic carbocycles. The summed E-state index contributed by atoms with van der Waals surface area (Å²) in [7, 11) is 1.76. The smallest absolute Gasteiger partial charge is 0.247 e. The van der Waals surface area contributed by atoms with Crippen LogP contribution >= 0.6 is 0 Å². The molecule has 1 N–H and O–H groups in total. The van der Waals surface area contributed by atoms with E-state index in [9.17, 15) is 0 Å².